The Morgan fingerprint density at radius 3 is 2.30 bits per heavy atom. The first-order chi connectivity index (χ1) is 12.5. The van der Waals surface area contributed by atoms with Gasteiger partial charge in [-0.2, -0.15) is 5.10 Å². The monoisotopic (exact) mass is 373 g/mol. The number of nitro benzene ring substituents is 1. The van der Waals surface area contributed by atoms with Crippen molar-refractivity contribution in [3.05, 3.63) is 57.4 Å². The zero-order valence-corrected chi connectivity index (χ0v) is 15.9. The van der Waals surface area contributed by atoms with Crippen LogP contribution in [0, 0.1) is 10.1 Å². The van der Waals surface area contributed by atoms with Gasteiger partial charge in [0.05, 0.1) is 10.5 Å². The fourth-order valence-electron chi connectivity index (χ4n) is 2.47. The van der Waals surface area contributed by atoms with Crippen molar-refractivity contribution in [2.45, 2.75) is 46.1 Å². The molecule has 2 rings (SSSR count). The van der Waals surface area contributed by atoms with E-state index in [9.17, 15) is 19.7 Å². The number of rotatable bonds is 4. The van der Waals surface area contributed by atoms with Crippen LogP contribution in [0.4, 0.5) is 5.69 Å². The lowest BCUT2D eigenvalue weighted by atomic mass is 10.1. The molecule has 0 unspecified atom stereocenters. The molecule has 2 amide bonds. The Morgan fingerprint density at radius 2 is 1.78 bits per heavy atom. The first-order valence-corrected chi connectivity index (χ1v) is 8.46. The molecule has 27 heavy (non-hydrogen) atoms. The lowest BCUT2D eigenvalue weighted by Crippen LogP contribution is -2.42. The summed E-state index contributed by atoms with van der Waals surface area (Å²) in [7, 11) is 0. The van der Waals surface area contributed by atoms with E-state index in [1.807, 2.05) is 34.6 Å². The Balaban J connectivity index is 2.13. The van der Waals surface area contributed by atoms with E-state index in [2.05, 4.69) is 16.0 Å². The highest BCUT2D eigenvalue weighted by atomic mass is 16.6. The van der Waals surface area contributed by atoms with E-state index < -0.39 is 16.7 Å². The van der Waals surface area contributed by atoms with Crippen molar-refractivity contribution in [2.75, 3.05) is 0 Å². The molecule has 0 radical (unpaired) electrons. The molecular formula is C18H23N5O4. The molecule has 144 valence electrons. The van der Waals surface area contributed by atoms with Gasteiger partial charge in [0.15, 0.2) is 5.69 Å². The van der Waals surface area contributed by atoms with Crippen LogP contribution in [0.1, 0.15) is 67.1 Å². The molecule has 2 N–H and O–H groups in total. The molecular weight excluding hydrogens is 350 g/mol. The van der Waals surface area contributed by atoms with Crippen LogP contribution in [0.15, 0.2) is 30.3 Å². The first-order valence-electron chi connectivity index (χ1n) is 8.46. The molecule has 0 atom stereocenters. The third-order valence-corrected chi connectivity index (χ3v) is 3.81. The summed E-state index contributed by atoms with van der Waals surface area (Å²) < 4.78 is 1.79. The quantitative estimate of drug-likeness (QED) is 0.631. The van der Waals surface area contributed by atoms with Crippen LogP contribution in [0.25, 0.3) is 0 Å². The van der Waals surface area contributed by atoms with Crippen molar-refractivity contribution in [1.29, 1.82) is 0 Å². The Kier molecular flexibility index (Phi) is 5.63. The molecule has 0 spiro atoms. The molecule has 0 saturated carbocycles. The highest BCUT2D eigenvalue weighted by Crippen LogP contribution is 2.23. The van der Waals surface area contributed by atoms with Crippen LogP contribution in [0.2, 0.25) is 0 Å². The van der Waals surface area contributed by atoms with Crippen LogP contribution < -0.4 is 10.9 Å². The van der Waals surface area contributed by atoms with E-state index >= 15 is 0 Å². The topological polar surface area (TPSA) is 119 Å². The highest BCUT2D eigenvalue weighted by molar-refractivity contribution is 5.98. The molecule has 0 aliphatic heterocycles. The molecule has 1 aromatic carbocycles. The molecule has 0 saturated heterocycles. The Bertz CT molecular complexity index is 880. The van der Waals surface area contributed by atoms with Gasteiger partial charge in [-0.05, 0) is 38.8 Å². The minimum Gasteiger partial charge on any atom is -0.267 e. The van der Waals surface area contributed by atoms with Gasteiger partial charge >= 0.3 is 0 Å². The van der Waals surface area contributed by atoms with Gasteiger partial charge in [0, 0.05) is 23.4 Å². The average molecular weight is 373 g/mol. The predicted octanol–water partition coefficient (Wildman–Crippen LogP) is 2.74. The maximum atomic E-state index is 12.4. The number of hydrogen-bond acceptors (Lipinski definition) is 5. The smallest absolute Gasteiger partial charge is 0.267 e. The fraction of sp³-hybridized carbons (Fsp3) is 0.389. The number of nitro groups is 1. The van der Waals surface area contributed by atoms with E-state index in [4.69, 9.17) is 0 Å². The van der Waals surface area contributed by atoms with E-state index in [1.165, 1.54) is 18.2 Å². The number of hydrogen-bond donors (Lipinski definition) is 2. The average Bonchev–Trinajstić information content (AvgIpc) is 3.05. The maximum Gasteiger partial charge on any atom is 0.290 e. The summed E-state index contributed by atoms with van der Waals surface area (Å²) in [6, 6.07) is 6.91. The molecule has 9 nitrogen and oxygen atoms in total. The second kappa shape index (κ2) is 7.56. The normalized spacial score (nSPS) is 11.3. The first kappa shape index (κ1) is 20.1. The summed E-state index contributed by atoms with van der Waals surface area (Å²) in [5.41, 5.74) is 5.17. The number of hydrazine groups is 1. The third-order valence-electron chi connectivity index (χ3n) is 3.81. The number of nitrogens with zero attached hydrogens (tertiary/aromatic N) is 3. The maximum absolute atomic E-state index is 12.4. The Morgan fingerprint density at radius 1 is 1.15 bits per heavy atom. The van der Waals surface area contributed by atoms with Crippen LogP contribution in [-0.4, -0.2) is 26.5 Å². The zero-order valence-electron chi connectivity index (χ0n) is 15.9. The zero-order chi connectivity index (χ0) is 20.4. The number of non-ortho nitro benzene ring substituents is 1. The molecule has 0 aliphatic rings. The minimum absolute atomic E-state index is 0.0626. The number of aromatic nitrogens is 2. The van der Waals surface area contributed by atoms with Gasteiger partial charge in [0.25, 0.3) is 17.5 Å². The van der Waals surface area contributed by atoms with E-state index in [1.54, 1.807) is 10.7 Å². The molecule has 1 aromatic heterocycles. The van der Waals surface area contributed by atoms with Gasteiger partial charge in [0.2, 0.25) is 0 Å². The van der Waals surface area contributed by atoms with Gasteiger partial charge in [-0.15, -0.1) is 0 Å². The molecule has 2 aromatic rings. The fourth-order valence-corrected chi connectivity index (χ4v) is 2.47. The van der Waals surface area contributed by atoms with Crippen molar-refractivity contribution >= 4 is 17.5 Å². The summed E-state index contributed by atoms with van der Waals surface area (Å²) in [5, 5.41) is 15.1. The summed E-state index contributed by atoms with van der Waals surface area (Å²) in [6.45, 7) is 9.96. The Labute approximate surface area is 156 Å². The minimum atomic E-state index is -0.661. The van der Waals surface area contributed by atoms with E-state index in [-0.39, 0.29) is 28.4 Å². The molecule has 1 heterocycles. The summed E-state index contributed by atoms with van der Waals surface area (Å²) >= 11 is 0. The van der Waals surface area contributed by atoms with Gasteiger partial charge < -0.3 is 0 Å². The van der Waals surface area contributed by atoms with Gasteiger partial charge in [0.1, 0.15) is 0 Å². The molecule has 0 bridgehead atoms. The molecule has 0 aliphatic carbocycles. The van der Waals surface area contributed by atoms with Crippen molar-refractivity contribution in [3.8, 4) is 0 Å². The van der Waals surface area contributed by atoms with Crippen molar-refractivity contribution < 1.29 is 14.5 Å². The van der Waals surface area contributed by atoms with E-state index in [0.29, 0.717) is 0 Å². The van der Waals surface area contributed by atoms with Gasteiger partial charge in [-0.3, -0.25) is 35.2 Å². The summed E-state index contributed by atoms with van der Waals surface area (Å²) in [6.07, 6.45) is 0. The summed E-state index contributed by atoms with van der Waals surface area (Å²) in [4.78, 5) is 34.7. The number of carbonyl (C=O) groups is 2. The number of nitrogens with one attached hydrogen (secondary N) is 2. The standard InChI is InChI=1S/C18H23N5O4/c1-11(2)15-10-14(21-22(15)18(3,4)5)17(25)20-19-16(24)12-7-6-8-13(9-12)23(26)27/h6-11H,1-5H3,(H,19,24)(H,20,25). The predicted molar refractivity (Wildman–Crippen MR) is 99.3 cm³/mol. The van der Waals surface area contributed by atoms with E-state index in [0.717, 1.165) is 11.8 Å². The SMILES string of the molecule is CC(C)c1cc(C(=O)NNC(=O)c2cccc([N+](=O)[O-])c2)nn1C(C)(C)C. The van der Waals surface area contributed by atoms with Crippen LogP contribution in [0.5, 0.6) is 0 Å². The Hall–Kier alpha value is -3.23. The van der Waals surface area contributed by atoms with Crippen molar-refractivity contribution in [3.63, 3.8) is 0 Å². The lowest BCUT2D eigenvalue weighted by Gasteiger charge is -2.23. The van der Waals surface area contributed by atoms with Gasteiger partial charge in [-0.25, -0.2) is 0 Å². The van der Waals surface area contributed by atoms with Crippen LogP contribution in [-0.2, 0) is 5.54 Å². The summed E-state index contributed by atoms with van der Waals surface area (Å²) in [5.74, 6) is -1.07. The number of carbonyl (C=O) groups excluding carboxylic acids is 2. The van der Waals surface area contributed by atoms with Crippen molar-refractivity contribution in [1.82, 2.24) is 20.6 Å². The highest BCUT2D eigenvalue weighted by Gasteiger charge is 2.24. The van der Waals surface area contributed by atoms with Crippen LogP contribution >= 0.6 is 0 Å². The molecule has 0 fully saturated rings. The number of amides is 2. The second-order valence-corrected chi connectivity index (χ2v) is 7.41. The third kappa shape index (κ3) is 4.69. The van der Waals surface area contributed by atoms with Gasteiger partial charge in [-0.1, -0.05) is 19.9 Å². The van der Waals surface area contributed by atoms with Crippen molar-refractivity contribution in [2.24, 2.45) is 0 Å². The second-order valence-electron chi connectivity index (χ2n) is 7.41. The number of benzene rings is 1. The largest absolute Gasteiger partial charge is 0.290 e. The van der Waals surface area contributed by atoms with Crippen LogP contribution in [0.3, 0.4) is 0 Å². The lowest BCUT2D eigenvalue weighted by molar-refractivity contribution is -0.384. The molecule has 9 heteroatoms.